The van der Waals surface area contributed by atoms with Crippen molar-refractivity contribution in [3.05, 3.63) is 63.0 Å². The van der Waals surface area contributed by atoms with Gasteiger partial charge in [-0.3, -0.25) is 9.59 Å². The largest absolute Gasteiger partial charge is 0.493 e. The van der Waals surface area contributed by atoms with E-state index >= 15 is 0 Å². The molecule has 1 aromatic heterocycles. The minimum atomic E-state index is -0.0966. The van der Waals surface area contributed by atoms with E-state index in [-0.39, 0.29) is 23.9 Å². The number of fused-ring (bicyclic) bond motifs is 1. The average molecular weight is 377 g/mol. The van der Waals surface area contributed by atoms with Gasteiger partial charge < -0.3 is 14.6 Å². The molecule has 6 heteroatoms. The van der Waals surface area contributed by atoms with Gasteiger partial charge in [-0.1, -0.05) is 22.0 Å². The van der Waals surface area contributed by atoms with Gasteiger partial charge in [-0.25, -0.2) is 0 Å². The predicted molar refractivity (Wildman–Crippen MR) is 90.5 cm³/mol. The Morgan fingerprint density at radius 1 is 1.35 bits per heavy atom. The molecule has 1 aliphatic rings. The smallest absolute Gasteiger partial charge is 0.250 e. The zero-order valence-corrected chi connectivity index (χ0v) is 14.1. The fraction of sp³-hybridized carbons (Fsp3) is 0.294. The molecule has 0 fully saturated rings. The van der Waals surface area contributed by atoms with E-state index in [0.717, 1.165) is 22.2 Å². The van der Waals surface area contributed by atoms with Crippen molar-refractivity contribution in [2.24, 2.45) is 0 Å². The van der Waals surface area contributed by atoms with E-state index in [9.17, 15) is 9.59 Å². The molecule has 1 N–H and O–H groups in total. The van der Waals surface area contributed by atoms with Crippen molar-refractivity contribution in [1.82, 2.24) is 9.88 Å². The third-order valence-corrected chi connectivity index (χ3v) is 4.32. The fourth-order valence-corrected chi connectivity index (χ4v) is 3.03. The first-order chi connectivity index (χ1) is 11.1. The zero-order chi connectivity index (χ0) is 16.2. The van der Waals surface area contributed by atoms with Crippen molar-refractivity contribution in [2.75, 3.05) is 6.61 Å². The lowest BCUT2D eigenvalue weighted by Gasteiger charge is -2.27. The molecule has 0 bridgehead atoms. The molecule has 0 aliphatic carbocycles. The van der Waals surface area contributed by atoms with Crippen molar-refractivity contribution in [2.45, 2.75) is 25.4 Å². The van der Waals surface area contributed by atoms with Gasteiger partial charge in [-0.15, -0.1) is 0 Å². The third-order valence-electron chi connectivity index (χ3n) is 3.83. The molecule has 2 heterocycles. The number of hydrogen-bond donors (Lipinski definition) is 1. The SMILES string of the molecule is O=C(CCn1ccccc1=O)NC1CCOc2ccc(Br)cc21. The number of amides is 1. The van der Waals surface area contributed by atoms with Crippen LogP contribution in [0.15, 0.2) is 51.9 Å². The lowest BCUT2D eigenvalue weighted by molar-refractivity contribution is -0.122. The Labute approximate surface area is 142 Å². The molecular weight excluding hydrogens is 360 g/mol. The molecule has 1 aliphatic heterocycles. The minimum absolute atomic E-state index is 0.0590. The summed E-state index contributed by atoms with van der Waals surface area (Å²) in [7, 11) is 0. The summed E-state index contributed by atoms with van der Waals surface area (Å²) in [6.45, 7) is 0.956. The molecule has 23 heavy (non-hydrogen) atoms. The number of pyridine rings is 1. The second kappa shape index (κ2) is 7.00. The first kappa shape index (κ1) is 15.8. The normalized spacial score (nSPS) is 16.3. The summed E-state index contributed by atoms with van der Waals surface area (Å²) in [5.74, 6) is 0.739. The van der Waals surface area contributed by atoms with Crippen LogP contribution >= 0.6 is 15.9 Å². The van der Waals surface area contributed by atoms with Gasteiger partial charge in [0, 0.05) is 41.7 Å². The topological polar surface area (TPSA) is 60.3 Å². The molecule has 1 aromatic carbocycles. The quantitative estimate of drug-likeness (QED) is 0.891. The van der Waals surface area contributed by atoms with Crippen molar-refractivity contribution in [3.8, 4) is 5.75 Å². The molecule has 1 unspecified atom stereocenters. The number of hydrogen-bond acceptors (Lipinski definition) is 3. The molecule has 0 saturated carbocycles. The van der Waals surface area contributed by atoms with Crippen molar-refractivity contribution in [1.29, 1.82) is 0 Å². The van der Waals surface area contributed by atoms with E-state index in [1.165, 1.54) is 10.6 Å². The highest BCUT2D eigenvalue weighted by Crippen LogP contribution is 2.34. The van der Waals surface area contributed by atoms with Gasteiger partial charge in [0.1, 0.15) is 5.75 Å². The van der Waals surface area contributed by atoms with Crippen molar-refractivity contribution >= 4 is 21.8 Å². The van der Waals surface area contributed by atoms with Gasteiger partial charge in [0.15, 0.2) is 0 Å². The molecule has 0 spiro atoms. The summed E-state index contributed by atoms with van der Waals surface area (Å²) in [6, 6.07) is 10.7. The van der Waals surface area contributed by atoms with Gasteiger partial charge >= 0.3 is 0 Å². The van der Waals surface area contributed by atoms with Crippen LogP contribution in [-0.2, 0) is 11.3 Å². The second-order valence-corrected chi connectivity index (χ2v) is 6.34. The lowest BCUT2D eigenvalue weighted by Crippen LogP contribution is -2.33. The van der Waals surface area contributed by atoms with Crippen LogP contribution in [0.1, 0.15) is 24.4 Å². The molecular formula is C17H17BrN2O3. The van der Waals surface area contributed by atoms with Crippen LogP contribution in [0.3, 0.4) is 0 Å². The number of ether oxygens (including phenoxy) is 1. The number of aryl methyl sites for hydroxylation is 1. The van der Waals surface area contributed by atoms with Crippen LogP contribution in [0, 0.1) is 0 Å². The molecule has 2 aromatic rings. The van der Waals surface area contributed by atoms with E-state index in [0.29, 0.717) is 13.2 Å². The Kier molecular flexibility index (Phi) is 4.81. The highest BCUT2D eigenvalue weighted by atomic mass is 79.9. The molecule has 1 amide bonds. The van der Waals surface area contributed by atoms with Crippen molar-refractivity contribution < 1.29 is 9.53 Å². The summed E-state index contributed by atoms with van der Waals surface area (Å²) in [6.07, 6.45) is 2.70. The Bertz CT molecular complexity index is 772. The Morgan fingerprint density at radius 2 is 2.22 bits per heavy atom. The van der Waals surface area contributed by atoms with Crippen LogP contribution in [0.2, 0.25) is 0 Å². The summed E-state index contributed by atoms with van der Waals surface area (Å²) in [5.41, 5.74) is 0.886. The van der Waals surface area contributed by atoms with Crippen LogP contribution in [0.5, 0.6) is 5.75 Å². The van der Waals surface area contributed by atoms with E-state index in [4.69, 9.17) is 4.74 Å². The Balaban J connectivity index is 1.64. The molecule has 3 rings (SSSR count). The maximum Gasteiger partial charge on any atom is 0.250 e. The summed E-state index contributed by atoms with van der Waals surface area (Å²) in [5, 5.41) is 3.04. The standard InChI is InChI=1S/C17H17BrN2O3/c18-12-4-5-15-13(11-12)14(7-10-23-15)19-16(21)6-9-20-8-2-1-3-17(20)22/h1-5,8,11,14H,6-7,9-10H2,(H,19,21). The van der Waals surface area contributed by atoms with E-state index in [1.54, 1.807) is 18.3 Å². The number of carbonyl (C=O) groups is 1. The highest BCUT2D eigenvalue weighted by molar-refractivity contribution is 9.10. The molecule has 120 valence electrons. The number of benzene rings is 1. The Morgan fingerprint density at radius 3 is 3.04 bits per heavy atom. The van der Waals surface area contributed by atoms with Crippen LogP contribution in [0.25, 0.3) is 0 Å². The monoisotopic (exact) mass is 376 g/mol. The summed E-state index contributed by atoms with van der Waals surface area (Å²) in [4.78, 5) is 23.8. The number of aromatic nitrogens is 1. The number of rotatable bonds is 4. The van der Waals surface area contributed by atoms with Crippen molar-refractivity contribution in [3.63, 3.8) is 0 Å². The maximum atomic E-state index is 12.2. The summed E-state index contributed by atoms with van der Waals surface area (Å²) >= 11 is 3.45. The average Bonchev–Trinajstić information content (AvgIpc) is 2.55. The lowest BCUT2D eigenvalue weighted by atomic mass is 10.0. The van der Waals surface area contributed by atoms with E-state index < -0.39 is 0 Å². The summed E-state index contributed by atoms with van der Waals surface area (Å²) < 4.78 is 8.11. The minimum Gasteiger partial charge on any atom is -0.493 e. The number of carbonyl (C=O) groups excluding carboxylic acids is 1. The van der Waals surface area contributed by atoms with Crippen LogP contribution in [-0.4, -0.2) is 17.1 Å². The van der Waals surface area contributed by atoms with Gasteiger partial charge in [-0.2, -0.15) is 0 Å². The Hall–Kier alpha value is -2.08. The second-order valence-electron chi connectivity index (χ2n) is 5.42. The zero-order valence-electron chi connectivity index (χ0n) is 12.5. The first-order valence-electron chi connectivity index (χ1n) is 7.50. The molecule has 1 atom stereocenters. The highest BCUT2D eigenvalue weighted by Gasteiger charge is 2.23. The van der Waals surface area contributed by atoms with Gasteiger partial charge in [0.2, 0.25) is 5.91 Å². The van der Waals surface area contributed by atoms with Crippen LogP contribution < -0.4 is 15.6 Å². The predicted octanol–water partition coefficient (Wildman–Crippen LogP) is 2.64. The number of nitrogens with zero attached hydrogens (tertiary/aromatic N) is 1. The maximum absolute atomic E-state index is 12.2. The van der Waals surface area contributed by atoms with Gasteiger partial charge in [-0.05, 0) is 24.3 Å². The van der Waals surface area contributed by atoms with E-state index in [1.807, 2.05) is 18.2 Å². The van der Waals surface area contributed by atoms with Gasteiger partial charge in [0.25, 0.3) is 5.56 Å². The number of nitrogens with one attached hydrogen (secondary N) is 1. The van der Waals surface area contributed by atoms with E-state index in [2.05, 4.69) is 21.2 Å². The number of halogens is 1. The van der Waals surface area contributed by atoms with Gasteiger partial charge in [0.05, 0.1) is 12.6 Å². The van der Waals surface area contributed by atoms with Crippen LogP contribution in [0.4, 0.5) is 0 Å². The molecule has 0 radical (unpaired) electrons. The third kappa shape index (κ3) is 3.82. The first-order valence-corrected chi connectivity index (χ1v) is 8.30. The molecule has 5 nitrogen and oxygen atoms in total. The molecule has 0 saturated heterocycles. The fourth-order valence-electron chi connectivity index (χ4n) is 2.65.